The summed E-state index contributed by atoms with van der Waals surface area (Å²) in [7, 11) is 0. The molecule has 2 N–H and O–H groups in total. The molecule has 1 atom stereocenters. The van der Waals surface area contributed by atoms with Gasteiger partial charge >= 0.3 is 5.97 Å². The number of thioether (sulfide) groups is 1. The molecule has 4 nitrogen and oxygen atoms in total. The van der Waals surface area contributed by atoms with Crippen LogP contribution in [0, 0.1) is 0 Å². The van der Waals surface area contributed by atoms with E-state index in [4.69, 9.17) is 16.3 Å². The predicted octanol–water partition coefficient (Wildman–Crippen LogP) is 4.59. The van der Waals surface area contributed by atoms with Crippen molar-refractivity contribution in [3.05, 3.63) is 59.1 Å². The zero-order valence-electron chi connectivity index (χ0n) is 13.2. The number of carboxylic acid groups (broad SMARTS) is 1. The minimum Gasteiger partial charge on any atom is -0.508 e. The zero-order chi connectivity index (χ0) is 17.6. The number of carboxylic acids is 1. The van der Waals surface area contributed by atoms with E-state index in [1.807, 2.05) is 24.3 Å². The quantitative estimate of drug-likeness (QED) is 0.669. The van der Waals surface area contributed by atoms with E-state index >= 15 is 0 Å². The molecule has 0 saturated heterocycles. The lowest BCUT2D eigenvalue weighted by Crippen LogP contribution is -2.42. The second kappa shape index (κ2) is 8.31. The van der Waals surface area contributed by atoms with Crippen molar-refractivity contribution in [1.82, 2.24) is 0 Å². The minimum atomic E-state index is -1.32. The SMILES string of the molecule is CC(CCSCc1ccc(Cl)cc1)(Oc1ccc(O)cc1)C(=O)O. The van der Waals surface area contributed by atoms with Crippen LogP contribution in [0.2, 0.25) is 5.02 Å². The predicted molar refractivity (Wildman–Crippen MR) is 97.0 cm³/mol. The normalized spacial score (nSPS) is 13.2. The third-order valence-corrected chi connectivity index (χ3v) is 4.82. The molecule has 0 aromatic heterocycles. The molecular formula is C18H19ClO4S. The fourth-order valence-electron chi connectivity index (χ4n) is 2.01. The highest BCUT2D eigenvalue weighted by Crippen LogP contribution is 2.26. The molecule has 1 unspecified atom stereocenters. The molecule has 0 fully saturated rings. The van der Waals surface area contributed by atoms with Gasteiger partial charge in [-0.15, -0.1) is 0 Å². The van der Waals surface area contributed by atoms with Gasteiger partial charge in [0.1, 0.15) is 11.5 Å². The van der Waals surface area contributed by atoms with Gasteiger partial charge in [0.25, 0.3) is 0 Å². The standard InChI is InChI=1S/C18H19ClO4S/c1-18(17(21)22,23-16-8-6-15(20)7-9-16)10-11-24-12-13-2-4-14(19)5-3-13/h2-9,20H,10-12H2,1H3,(H,21,22). The largest absolute Gasteiger partial charge is 0.508 e. The average molecular weight is 367 g/mol. The number of rotatable bonds is 8. The summed E-state index contributed by atoms with van der Waals surface area (Å²) in [4.78, 5) is 11.6. The van der Waals surface area contributed by atoms with Crippen LogP contribution >= 0.6 is 23.4 Å². The molecule has 2 aromatic carbocycles. The van der Waals surface area contributed by atoms with Gasteiger partial charge in [-0.3, -0.25) is 0 Å². The van der Waals surface area contributed by atoms with Crippen LogP contribution in [-0.2, 0) is 10.5 Å². The van der Waals surface area contributed by atoms with Crippen molar-refractivity contribution in [2.24, 2.45) is 0 Å². The summed E-state index contributed by atoms with van der Waals surface area (Å²) in [6.45, 7) is 1.56. The number of carbonyl (C=O) groups is 1. The van der Waals surface area contributed by atoms with E-state index in [0.29, 0.717) is 22.9 Å². The number of hydrogen-bond donors (Lipinski definition) is 2. The zero-order valence-corrected chi connectivity index (χ0v) is 14.8. The van der Waals surface area contributed by atoms with E-state index < -0.39 is 11.6 Å². The fraction of sp³-hybridized carbons (Fsp3) is 0.278. The maximum atomic E-state index is 11.6. The lowest BCUT2D eigenvalue weighted by molar-refractivity contribution is -0.153. The van der Waals surface area contributed by atoms with E-state index in [0.717, 1.165) is 11.3 Å². The summed E-state index contributed by atoms with van der Waals surface area (Å²) in [6.07, 6.45) is 0.363. The monoisotopic (exact) mass is 366 g/mol. The van der Waals surface area contributed by atoms with Gasteiger partial charge in [0.2, 0.25) is 5.60 Å². The highest BCUT2D eigenvalue weighted by molar-refractivity contribution is 7.98. The van der Waals surface area contributed by atoms with Crippen molar-refractivity contribution < 1.29 is 19.7 Å². The number of halogens is 1. The Bertz CT molecular complexity index is 672. The number of aromatic hydroxyl groups is 1. The molecule has 2 aromatic rings. The van der Waals surface area contributed by atoms with Gasteiger partial charge in [-0.2, -0.15) is 11.8 Å². The second-order valence-electron chi connectivity index (χ2n) is 5.56. The van der Waals surface area contributed by atoms with E-state index in [1.165, 1.54) is 12.1 Å². The Morgan fingerprint density at radius 3 is 2.38 bits per heavy atom. The Hall–Kier alpha value is -1.85. The number of hydrogen-bond acceptors (Lipinski definition) is 4. The molecule has 0 amide bonds. The van der Waals surface area contributed by atoms with Crippen molar-refractivity contribution in [2.45, 2.75) is 24.7 Å². The topological polar surface area (TPSA) is 66.8 Å². The van der Waals surface area contributed by atoms with Gasteiger partial charge in [-0.25, -0.2) is 4.79 Å². The van der Waals surface area contributed by atoms with Crippen LogP contribution in [0.4, 0.5) is 0 Å². The van der Waals surface area contributed by atoms with Gasteiger partial charge in [-0.05, 0) is 54.6 Å². The number of phenolic OH excluding ortho intramolecular Hbond substituents is 1. The Kier molecular flexibility index (Phi) is 6.40. The first kappa shape index (κ1) is 18.5. The fourth-order valence-corrected chi connectivity index (χ4v) is 3.25. The minimum absolute atomic E-state index is 0.109. The molecule has 0 aliphatic carbocycles. The molecule has 0 bridgehead atoms. The van der Waals surface area contributed by atoms with E-state index in [-0.39, 0.29) is 5.75 Å². The molecule has 0 radical (unpaired) electrons. The highest BCUT2D eigenvalue weighted by Gasteiger charge is 2.35. The molecular weight excluding hydrogens is 348 g/mol. The number of aliphatic carboxylic acids is 1. The molecule has 0 heterocycles. The maximum Gasteiger partial charge on any atom is 0.347 e. The van der Waals surface area contributed by atoms with Gasteiger partial charge in [0.05, 0.1) is 0 Å². The molecule has 0 aliphatic rings. The third-order valence-electron chi connectivity index (χ3n) is 3.54. The number of benzene rings is 2. The molecule has 0 spiro atoms. The Labute approximate surface area is 150 Å². The van der Waals surface area contributed by atoms with Crippen molar-refractivity contribution in [1.29, 1.82) is 0 Å². The van der Waals surface area contributed by atoms with Gasteiger partial charge in [-0.1, -0.05) is 23.7 Å². The molecule has 24 heavy (non-hydrogen) atoms. The molecule has 6 heteroatoms. The maximum absolute atomic E-state index is 11.6. The van der Waals surface area contributed by atoms with Crippen LogP contribution in [0.1, 0.15) is 18.9 Å². The van der Waals surface area contributed by atoms with E-state index in [9.17, 15) is 15.0 Å². The summed E-state index contributed by atoms with van der Waals surface area (Å²) >= 11 is 7.49. The molecule has 128 valence electrons. The Morgan fingerprint density at radius 1 is 1.17 bits per heavy atom. The Balaban J connectivity index is 1.89. The van der Waals surface area contributed by atoms with Gasteiger partial charge in [0.15, 0.2) is 0 Å². The van der Waals surface area contributed by atoms with Crippen molar-refractivity contribution >= 4 is 29.3 Å². The van der Waals surface area contributed by atoms with Crippen LogP contribution in [0.25, 0.3) is 0 Å². The van der Waals surface area contributed by atoms with Gasteiger partial charge in [0, 0.05) is 17.2 Å². The smallest absolute Gasteiger partial charge is 0.347 e. The van der Waals surface area contributed by atoms with Crippen LogP contribution in [0.15, 0.2) is 48.5 Å². The summed E-state index contributed by atoms with van der Waals surface area (Å²) in [5.74, 6) is 0.941. The summed E-state index contributed by atoms with van der Waals surface area (Å²) in [6, 6.07) is 13.6. The molecule has 2 rings (SSSR count). The third kappa shape index (κ3) is 5.35. The number of phenols is 1. The molecule has 0 aliphatic heterocycles. The summed E-state index contributed by atoms with van der Waals surface area (Å²) in [5, 5.41) is 19.5. The number of ether oxygens (including phenoxy) is 1. The van der Waals surface area contributed by atoms with Gasteiger partial charge < -0.3 is 14.9 Å². The van der Waals surface area contributed by atoms with Crippen molar-refractivity contribution in [3.8, 4) is 11.5 Å². The lowest BCUT2D eigenvalue weighted by Gasteiger charge is -2.26. The Morgan fingerprint density at radius 2 is 1.79 bits per heavy atom. The van der Waals surface area contributed by atoms with E-state index in [2.05, 4.69) is 0 Å². The van der Waals surface area contributed by atoms with Crippen molar-refractivity contribution in [3.63, 3.8) is 0 Å². The van der Waals surface area contributed by atoms with Crippen molar-refractivity contribution in [2.75, 3.05) is 5.75 Å². The lowest BCUT2D eigenvalue weighted by atomic mass is 10.0. The average Bonchev–Trinajstić information content (AvgIpc) is 2.55. The first-order chi connectivity index (χ1) is 11.4. The van der Waals surface area contributed by atoms with Crippen LogP contribution in [-0.4, -0.2) is 27.5 Å². The van der Waals surface area contributed by atoms with Crippen LogP contribution < -0.4 is 4.74 Å². The second-order valence-corrected chi connectivity index (χ2v) is 7.10. The first-order valence-electron chi connectivity index (χ1n) is 7.43. The van der Waals surface area contributed by atoms with E-state index in [1.54, 1.807) is 30.8 Å². The van der Waals surface area contributed by atoms with Crippen LogP contribution in [0.3, 0.4) is 0 Å². The highest BCUT2D eigenvalue weighted by atomic mass is 35.5. The summed E-state index contributed by atoms with van der Waals surface area (Å²) in [5.41, 5.74) is -0.176. The van der Waals surface area contributed by atoms with Crippen LogP contribution in [0.5, 0.6) is 11.5 Å². The molecule has 0 saturated carbocycles. The summed E-state index contributed by atoms with van der Waals surface area (Å²) < 4.78 is 5.64. The first-order valence-corrected chi connectivity index (χ1v) is 8.96.